The Morgan fingerprint density at radius 3 is 2.03 bits per heavy atom. The van der Waals surface area contributed by atoms with Crippen molar-refractivity contribution in [1.82, 2.24) is 0 Å². The molecule has 2 aliphatic rings. The molecule has 2 aliphatic heterocycles. The predicted molar refractivity (Wildman–Crippen MR) is 117 cm³/mol. The van der Waals surface area contributed by atoms with Crippen LogP contribution in [0.3, 0.4) is 0 Å². The highest BCUT2D eigenvalue weighted by molar-refractivity contribution is 5.98. The molecule has 156 valence electrons. The number of phenols is 2. The van der Waals surface area contributed by atoms with Gasteiger partial charge in [-0.15, -0.1) is 0 Å². The predicted octanol–water partition coefficient (Wildman–Crippen LogP) is 5.26. The SMILES string of the molecule is O=C1OC2(c3ccc(O)cc3Oc3cc(O)ccc32)c2cccc(Cc3ccccc3)c21. The van der Waals surface area contributed by atoms with Gasteiger partial charge >= 0.3 is 5.97 Å². The summed E-state index contributed by atoms with van der Waals surface area (Å²) in [5.74, 6) is 0.399. The summed E-state index contributed by atoms with van der Waals surface area (Å²) in [7, 11) is 0. The van der Waals surface area contributed by atoms with E-state index in [0.717, 1.165) is 16.7 Å². The second-order valence-corrected chi connectivity index (χ2v) is 8.04. The van der Waals surface area contributed by atoms with Crippen LogP contribution >= 0.6 is 0 Å². The molecule has 0 saturated carbocycles. The molecular formula is C27H18O5. The first-order valence-electron chi connectivity index (χ1n) is 10.3. The van der Waals surface area contributed by atoms with Gasteiger partial charge in [-0.05, 0) is 41.8 Å². The highest BCUT2D eigenvalue weighted by atomic mass is 16.6. The Bertz CT molecular complexity index is 1340. The Kier molecular flexibility index (Phi) is 3.83. The number of hydrogen-bond acceptors (Lipinski definition) is 5. The van der Waals surface area contributed by atoms with Crippen LogP contribution in [-0.4, -0.2) is 16.2 Å². The van der Waals surface area contributed by atoms with Crippen LogP contribution in [0.1, 0.15) is 38.2 Å². The zero-order valence-corrected chi connectivity index (χ0v) is 16.9. The van der Waals surface area contributed by atoms with Crippen molar-refractivity contribution in [2.24, 2.45) is 0 Å². The Morgan fingerprint density at radius 2 is 1.38 bits per heavy atom. The van der Waals surface area contributed by atoms with Gasteiger partial charge in [0.15, 0.2) is 5.60 Å². The number of esters is 1. The normalized spacial score (nSPS) is 14.8. The van der Waals surface area contributed by atoms with Gasteiger partial charge in [0.05, 0.1) is 5.56 Å². The van der Waals surface area contributed by atoms with Crippen LogP contribution in [0.4, 0.5) is 0 Å². The molecule has 6 rings (SSSR count). The van der Waals surface area contributed by atoms with E-state index in [-0.39, 0.29) is 11.5 Å². The van der Waals surface area contributed by atoms with E-state index >= 15 is 0 Å². The highest BCUT2D eigenvalue weighted by Crippen LogP contribution is 2.57. The maximum absolute atomic E-state index is 13.3. The molecule has 1 spiro atoms. The zero-order chi connectivity index (χ0) is 21.9. The first kappa shape index (κ1) is 18.5. The summed E-state index contributed by atoms with van der Waals surface area (Å²) in [6.07, 6.45) is 0.594. The Hall–Kier alpha value is -4.25. The van der Waals surface area contributed by atoms with Crippen molar-refractivity contribution in [3.63, 3.8) is 0 Å². The van der Waals surface area contributed by atoms with Crippen LogP contribution in [0.5, 0.6) is 23.0 Å². The molecule has 0 bridgehead atoms. The van der Waals surface area contributed by atoms with Gasteiger partial charge in [0, 0.05) is 28.8 Å². The molecule has 5 nitrogen and oxygen atoms in total. The Balaban J connectivity index is 1.62. The van der Waals surface area contributed by atoms with Gasteiger partial charge in [0.2, 0.25) is 0 Å². The largest absolute Gasteiger partial charge is 0.508 e. The van der Waals surface area contributed by atoms with Crippen molar-refractivity contribution in [2.75, 3.05) is 0 Å². The van der Waals surface area contributed by atoms with Crippen LogP contribution in [0.2, 0.25) is 0 Å². The molecule has 5 heteroatoms. The molecule has 0 radical (unpaired) electrons. The molecule has 2 N–H and O–H groups in total. The van der Waals surface area contributed by atoms with Crippen LogP contribution in [-0.2, 0) is 16.8 Å². The third-order valence-electron chi connectivity index (χ3n) is 6.13. The van der Waals surface area contributed by atoms with Crippen molar-refractivity contribution < 1.29 is 24.5 Å². The van der Waals surface area contributed by atoms with Gasteiger partial charge < -0.3 is 19.7 Å². The van der Waals surface area contributed by atoms with E-state index in [9.17, 15) is 15.0 Å². The van der Waals surface area contributed by atoms with E-state index < -0.39 is 11.6 Å². The molecule has 0 aliphatic carbocycles. The van der Waals surface area contributed by atoms with Crippen LogP contribution < -0.4 is 4.74 Å². The maximum atomic E-state index is 13.3. The summed E-state index contributed by atoms with van der Waals surface area (Å²) in [4.78, 5) is 13.3. The van der Waals surface area contributed by atoms with E-state index in [2.05, 4.69) is 0 Å². The van der Waals surface area contributed by atoms with Crippen molar-refractivity contribution in [1.29, 1.82) is 0 Å². The molecular weight excluding hydrogens is 404 g/mol. The number of fused-ring (bicyclic) bond motifs is 6. The molecule has 0 saturated heterocycles. The molecule has 4 aromatic carbocycles. The number of carbonyl (C=O) groups is 1. The lowest BCUT2D eigenvalue weighted by Gasteiger charge is -2.36. The molecule has 32 heavy (non-hydrogen) atoms. The minimum atomic E-state index is -1.23. The number of aromatic hydroxyl groups is 2. The quantitative estimate of drug-likeness (QED) is 0.431. The summed E-state index contributed by atoms with van der Waals surface area (Å²) in [5, 5.41) is 20.1. The lowest BCUT2D eigenvalue weighted by Crippen LogP contribution is -2.32. The number of phenolic OH excluding ortho intramolecular Hbond substituents is 2. The van der Waals surface area contributed by atoms with Crippen molar-refractivity contribution in [3.05, 3.63) is 118 Å². The minimum absolute atomic E-state index is 0.0323. The summed E-state index contributed by atoms with van der Waals surface area (Å²) in [6.45, 7) is 0. The second-order valence-electron chi connectivity index (χ2n) is 8.04. The highest BCUT2D eigenvalue weighted by Gasteiger charge is 2.54. The lowest BCUT2D eigenvalue weighted by molar-refractivity contribution is 0.0224. The Labute approximate surface area is 184 Å². The molecule has 0 fully saturated rings. The van der Waals surface area contributed by atoms with E-state index in [0.29, 0.717) is 34.6 Å². The standard InChI is InChI=1S/C27H18O5/c28-18-9-11-20-23(14-18)31-24-15-19(29)10-12-21(24)27(20)22-8-4-7-17(25(22)26(30)32-27)13-16-5-2-1-3-6-16/h1-12,14-15,28-29H,13H2. The summed E-state index contributed by atoms with van der Waals surface area (Å²) in [5.41, 5.74) is 3.24. The fourth-order valence-electron chi connectivity index (χ4n) is 4.78. The molecule has 0 unspecified atom stereocenters. The van der Waals surface area contributed by atoms with E-state index in [1.165, 1.54) is 12.1 Å². The molecule has 0 aromatic heterocycles. The van der Waals surface area contributed by atoms with Crippen molar-refractivity contribution >= 4 is 5.97 Å². The summed E-state index contributed by atoms with van der Waals surface area (Å²) < 4.78 is 12.2. The summed E-state index contributed by atoms with van der Waals surface area (Å²) >= 11 is 0. The van der Waals surface area contributed by atoms with Crippen LogP contribution in [0.15, 0.2) is 84.9 Å². The van der Waals surface area contributed by atoms with Crippen molar-refractivity contribution in [3.8, 4) is 23.0 Å². The van der Waals surface area contributed by atoms with Gasteiger partial charge in [0.1, 0.15) is 23.0 Å². The third kappa shape index (κ3) is 2.54. The first-order valence-corrected chi connectivity index (χ1v) is 10.3. The first-order chi connectivity index (χ1) is 15.6. The number of benzene rings is 4. The molecule has 2 heterocycles. The Morgan fingerprint density at radius 1 is 0.719 bits per heavy atom. The van der Waals surface area contributed by atoms with Gasteiger partial charge in [-0.3, -0.25) is 0 Å². The van der Waals surface area contributed by atoms with Gasteiger partial charge in [-0.25, -0.2) is 4.79 Å². The van der Waals surface area contributed by atoms with Crippen LogP contribution in [0.25, 0.3) is 0 Å². The fourth-order valence-corrected chi connectivity index (χ4v) is 4.78. The zero-order valence-electron chi connectivity index (χ0n) is 16.9. The van der Waals surface area contributed by atoms with E-state index in [4.69, 9.17) is 9.47 Å². The monoisotopic (exact) mass is 422 g/mol. The molecule has 4 aromatic rings. The topological polar surface area (TPSA) is 76.0 Å². The van der Waals surface area contributed by atoms with Gasteiger partial charge in [-0.2, -0.15) is 0 Å². The number of rotatable bonds is 2. The second kappa shape index (κ2) is 6.62. The average molecular weight is 422 g/mol. The fraction of sp³-hybridized carbons (Fsp3) is 0.0741. The minimum Gasteiger partial charge on any atom is -0.508 e. The van der Waals surface area contributed by atoms with Crippen LogP contribution in [0, 0.1) is 0 Å². The molecule has 0 atom stereocenters. The summed E-state index contributed by atoms with van der Waals surface area (Å²) in [6, 6.07) is 25.2. The van der Waals surface area contributed by atoms with E-state index in [1.54, 1.807) is 24.3 Å². The number of ether oxygens (including phenoxy) is 2. The average Bonchev–Trinajstić information content (AvgIpc) is 3.08. The van der Waals surface area contributed by atoms with Gasteiger partial charge in [0.25, 0.3) is 0 Å². The number of hydrogen-bond donors (Lipinski definition) is 2. The maximum Gasteiger partial charge on any atom is 0.340 e. The van der Waals surface area contributed by atoms with Crippen molar-refractivity contribution in [2.45, 2.75) is 12.0 Å². The third-order valence-corrected chi connectivity index (χ3v) is 6.13. The van der Waals surface area contributed by atoms with E-state index in [1.807, 2.05) is 48.5 Å². The molecule has 0 amide bonds. The smallest absolute Gasteiger partial charge is 0.340 e. The lowest BCUT2D eigenvalue weighted by atomic mass is 9.76. The van der Waals surface area contributed by atoms with Gasteiger partial charge in [-0.1, -0.05) is 48.5 Å². The number of carbonyl (C=O) groups excluding carboxylic acids is 1.